The Hall–Kier alpha value is 0.250. The van der Waals surface area contributed by atoms with Crippen LogP contribution in [0.4, 0.5) is 0 Å². The molecular formula is C7H16ClN. The van der Waals surface area contributed by atoms with Gasteiger partial charge in [0.1, 0.15) is 0 Å². The fourth-order valence-electron chi connectivity index (χ4n) is 1.35. The largest absolute Gasteiger partial charge is 0.314 e. The summed E-state index contributed by atoms with van der Waals surface area (Å²) in [5.41, 5.74) is 0. The van der Waals surface area contributed by atoms with Crippen molar-refractivity contribution in [1.29, 1.82) is 0 Å². The van der Waals surface area contributed by atoms with Gasteiger partial charge in [0.05, 0.1) is 0 Å². The van der Waals surface area contributed by atoms with Gasteiger partial charge in [0.15, 0.2) is 0 Å². The summed E-state index contributed by atoms with van der Waals surface area (Å²) >= 11 is 0. The van der Waals surface area contributed by atoms with E-state index in [2.05, 4.69) is 12.2 Å². The van der Waals surface area contributed by atoms with Gasteiger partial charge in [0.25, 0.3) is 0 Å². The Labute approximate surface area is 63.6 Å². The number of hydrogen-bond donors (Lipinski definition) is 1. The molecule has 1 fully saturated rings. The van der Waals surface area contributed by atoms with Crippen LogP contribution in [0.3, 0.4) is 0 Å². The lowest BCUT2D eigenvalue weighted by molar-refractivity contribution is 0.551. The first-order chi connectivity index (χ1) is 3.93. The Balaban J connectivity index is 0.000000640. The highest BCUT2D eigenvalue weighted by atomic mass is 35.5. The molecule has 0 aliphatic carbocycles. The maximum Gasteiger partial charge on any atom is 0.00674 e. The SMILES string of the molecule is CCC[C@H]1CCCN1.Cl. The summed E-state index contributed by atoms with van der Waals surface area (Å²) in [6.07, 6.45) is 5.51. The van der Waals surface area contributed by atoms with E-state index in [9.17, 15) is 0 Å². The van der Waals surface area contributed by atoms with Crippen molar-refractivity contribution in [3.05, 3.63) is 0 Å². The molecule has 1 rings (SSSR count). The zero-order valence-corrected chi connectivity index (χ0v) is 6.84. The molecule has 0 aromatic heterocycles. The van der Waals surface area contributed by atoms with Gasteiger partial charge in [0.2, 0.25) is 0 Å². The van der Waals surface area contributed by atoms with E-state index in [4.69, 9.17) is 0 Å². The lowest BCUT2D eigenvalue weighted by Crippen LogP contribution is -2.20. The normalized spacial score (nSPS) is 25.7. The van der Waals surface area contributed by atoms with Gasteiger partial charge in [-0.15, -0.1) is 12.4 Å². The topological polar surface area (TPSA) is 12.0 Å². The van der Waals surface area contributed by atoms with Gasteiger partial charge in [-0.1, -0.05) is 13.3 Å². The Morgan fingerprint density at radius 3 is 2.78 bits per heavy atom. The predicted octanol–water partition coefficient (Wildman–Crippen LogP) is 1.96. The summed E-state index contributed by atoms with van der Waals surface area (Å²) in [5.74, 6) is 0. The molecule has 1 nitrogen and oxygen atoms in total. The standard InChI is InChI=1S/C7H15N.ClH/c1-2-4-7-5-3-6-8-7;/h7-8H,2-6H2,1H3;1H/t7-;/m0./s1. The predicted molar refractivity (Wildman–Crippen MR) is 43.2 cm³/mol. The molecule has 0 unspecified atom stereocenters. The molecule has 1 aliphatic heterocycles. The van der Waals surface area contributed by atoms with Gasteiger partial charge in [-0.05, 0) is 25.8 Å². The Kier molecular flexibility index (Phi) is 5.21. The second kappa shape index (κ2) is 5.07. The van der Waals surface area contributed by atoms with Crippen LogP contribution in [0.25, 0.3) is 0 Å². The van der Waals surface area contributed by atoms with Crippen LogP contribution < -0.4 is 5.32 Å². The average molecular weight is 150 g/mol. The highest BCUT2D eigenvalue weighted by Gasteiger charge is 2.11. The third kappa shape index (κ3) is 3.07. The van der Waals surface area contributed by atoms with Gasteiger partial charge in [-0.3, -0.25) is 0 Å². The first kappa shape index (κ1) is 9.25. The van der Waals surface area contributed by atoms with E-state index in [1.807, 2.05) is 0 Å². The van der Waals surface area contributed by atoms with E-state index in [1.165, 1.54) is 32.2 Å². The minimum Gasteiger partial charge on any atom is -0.314 e. The third-order valence-electron chi connectivity index (χ3n) is 1.80. The average Bonchev–Trinajstić information content (AvgIpc) is 2.19. The van der Waals surface area contributed by atoms with Crippen molar-refractivity contribution in [3.63, 3.8) is 0 Å². The molecule has 1 aliphatic rings. The van der Waals surface area contributed by atoms with Crippen LogP contribution >= 0.6 is 12.4 Å². The minimum absolute atomic E-state index is 0. The molecule has 0 saturated carbocycles. The highest BCUT2D eigenvalue weighted by Crippen LogP contribution is 2.09. The van der Waals surface area contributed by atoms with Crippen LogP contribution in [0.15, 0.2) is 0 Å². The van der Waals surface area contributed by atoms with Gasteiger partial charge in [0, 0.05) is 6.04 Å². The van der Waals surface area contributed by atoms with E-state index in [1.54, 1.807) is 0 Å². The molecule has 1 N–H and O–H groups in total. The Morgan fingerprint density at radius 1 is 1.56 bits per heavy atom. The maximum absolute atomic E-state index is 3.46. The van der Waals surface area contributed by atoms with E-state index < -0.39 is 0 Å². The summed E-state index contributed by atoms with van der Waals surface area (Å²) in [6.45, 7) is 3.50. The van der Waals surface area contributed by atoms with Crippen LogP contribution in [0, 0.1) is 0 Å². The summed E-state index contributed by atoms with van der Waals surface area (Å²) in [4.78, 5) is 0. The lowest BCUT2D eigenvalue weighted by Gasteiger charge is -2.05. The van der Waals surface area contributed by atoms with E-state index >= 15 is 0 Å². The van der Waals surface area contributed by atoms with Crippen molar-refractivity contribution in [2.75, 3.05) is 6.54 Å². The summed E-state index contributed by atoms with van der Waals surface area (Å²) in [6, 6.07) is 0.861. The first-order valence-electron chi connectivity index (χ1n) is 3.67. The van der Waals surface area contributed by atoms with Crippen LogP contribution in [0.5, 0.6) is 0 Å². The number of nitrogens with one attached hydrogen (secondary N) is 1. The highest BCUT2D eigenvalue weighted by molar-refractivity contribution is 5.85. The summed E-state index contributed by atoms with van der Waals surface area (Å²) < 4.78 is 0. The van der Waals surface area contributed by atoms with Crippen LogP contribution in [0.2, 0.25) is 0 Å². The summed E-state index contributed by atoms with van der Waals surface area (Å²) in [7, 11) is 0. The number of hydrogen-bond acceptors (Lipinski definition) is 1. The molecule has 0 spiro atoms. The van der Waals surface area contributed by atoms with E-state index in [-0.39, 0.29) is 12.4 Å². The zero-order chi connectivity index (χ0) is 5.82. The molecule has 0 aromatic rings. The fourth-order valence-corrected chi connectivity index (χ4v) is 1.35. The second-order valence-corrected chi connectivity index (χ2v) is 2.58. The van der Waals surface area contributed by atoms with Crippen molar-refractivity contribution in [3.8, 4) is 0 Å². The van der Waals surface area contributed by atoms with Crippen LogP contribution in [-0.4, -0.2) is 12.6 Å². The Morgan fingerprint density at radius 2 is 2.33 bits per heavy atom. The van der Waals surface area contributed by atoms with Crippen LogP contribution in [-0.2, 0) is 0 Å². The molecule has 0 radical (unpaired) electrons. The van der Waals surface area contributed by atoms with Crippen molar-refractivity contribution in [2.24, 2.45) is 0 Å². The molecule has 1 saturated heterocycles. The molecule has 56 valence electrons. The second-order valence-electron chi connectivity index (χ2n) is 2.58. The van der Waals surface area contributed by atoms with Gasteiger partial charge in [-0.2, -0.15) is 0 Å². The minimum atomic E-state index is 0. The van der Waals surface area contributed by atoms with Gasteiger partial charge < -0.3 is 5.32 Å². The summed E-state index contributed by atoms with van der Waals surface area (Å²) in [5, 5.41) is 3.46. The monoisotopic (exact) mass is 149 g/mol. The molecule has 1 atom stereocenters. The molecule has 0 bridgehead atoms. The smallest absolute Gasteiger partial charge is 0.00674 e. The third-order valence-corrected chi connectivity index (χ3v) is 1.80. The van der Waals surface area contributed by atoms with Crippen molar-refractivity contribution in [2.45, 2.75) is 38.6 Å². The first-order valence-corrected chi connectivity index (χ1v) is 3.67. The molecule has 1 heterocycles. The van der Waals surface area contributed by atoms with Crippen molar-refractivity contribution in [1.82, 2.24) is 5.32 Å². The lowest BCUT2D eigenvalue weighted by atomic mass is 10.1. The molecular weight excluding hydrogens is 134 g/mol. The number of halogens is 1. The quantitative estimate of drug-likeness (QED) is 0.633. The number of rotatable bonds is 2. The van der Waals surface area contributed by atoms with E-state index in [0.29, 0.717) is 0 Å². The van der Waals surface area contributed by atoms with E-state index in [0.717, 1.165) is 6.04 Å². The molecule has 0 aromatic carbocycles. The van der Waals surface area contributed by atoms with Gasteiger partial charge >= 0.3 is 0 Å². The van der Waals surface area contributed by atoms with Crippen LogP contribution in [0.1, 0.15) is 32.6 Å². The zero-order valence-electron chi connectivity index (χ0n) is 6.02. The van der Waals surface area contributed by atoms with Crippen molar-refractivity contribution >= 4 is 12.4 Å². The Bertz CT molecular complexity index is 59.9. The fraction of sp³-hybridized carbons (Fsp3) is 1.00. The molecule has 0 amide bonds. The molecule has 2 heteroatoms. The van der Waals surface area contributed by atoms with Gasteiger partial charge in [-0.25, -0.2) is 0 Å². The maximum atomic E-state index is 3.46. The van der Waals surface area contributed by atoms with Crippen molar-refractivity contribution < 1.29 is 0 Å². The molecule has 9 heavy (non-hydrogen) atoms.